The van der Waals surface area contributed by atoms with Gasteiger partial charge in [-0.2, -0.15) is 0 Å². The fourth-order valence-corrected chi connectivity index (χ4v) is 4.77. The van der Waals surface area contributed by atoms with Crippen LogP contribution in [0.5, 0.6) is 0 Å². The van der Waals surface area contributed by atoms with Gasteiger partial charge in [0, 0.05) is 38.3 Å². The average Bonchev–Trinajstić information content (AvgIpc) is 3.21. The molecule has 3 fully saturated rings. The van der Waals surface area contributed by atoms with Crippen molar-refractivity contribution >= 4 is 11.8 Å². The highest BCUT2D eigenvalue weighted by atomic mass is 16.2. The van der Waals surface area contributed by atoms with Crippen LogP contribution in [0.1, 0.15) is 52.4 Å². The van der Waals surface area contributed by atoms with E-state index in [1.54, 1.807) is 0 Å². The van der Waals surface area contributed by atoms with Crippen LogP contribution < -0.4 is 16.0 Å². The first-order chi connectivity index (χ1) is 13.5. The van der Waals surface area contributed by atoms with Crippen molar-refractivity contribution in [3.8, 4) is 0 Å². The largest absolute Gasteiger partial charge is 0.354 e. The molecule has 2 atom stereocenters. The minimum Gasteiger partial charge on any atom is -0.354 e. The molecular weight excluding hydrogens is 354 g/mol. The van der Waals surface area contributed by atoms with Gasteiger partial charge in [-0.3, -0.25) is 14.5 Å². The number of hydrogen-bond acceptors (Lipinski definition) is 5. The van der Waals surface area contributed by atoms with Crippen molar-refractivity contribution in [2.24, 2.45) is 5.92 Å². The van der Waals surface area contributed by atoms with Crippen LogP contribution in [-0.2, 0) is 9.59 Å². The Morgan fingerprint density at radius 1 is 1.07 bits per heavy atom. The third kappa shape index (κ3) is 6.42. The summed E-state index contributed by atoms with van der Waals surface area (Å²) in [5.74, 6) is 0.740. The van der Waals surface area contributed by atoms with Gasteiger partial charge in [-0.25, -0.2) is 0 Å². The van der Waals surface area contributed by atoms with Gasteiger partial charge >= 0.3 is 0 Å². The Morgan fingerprint density at radius 2 is 1.86 bits per heavy atom. The van der Waals surface area contributed by atoms with Gasteiger partial charge in [0.05, 0.1) is 12.6 Å². The van der Waals surface area contributed by atoms with Crippen LogP contribution >= 0.6 is 0 Å². The summed E-state index contributed by atoms with van der Waals surface area (Å²) in [6.45, 7) is 10.7. The van der Waals surface area contributed by atoms with Crippen molar-refractivity contribution in [1.82, 2.24) is 25.8 Å². The normalized spacial score (nSPS) is 27.8. The summed E-state index contributed by atoms with van der Waals surface area (Å²) in [4.78, 5) is 29.4. The lowest BCUT2D eigenvalue weighted by Crippen LogP contribution is -2.50. The van der Waals surface area contributed by atoms with Crippen molar-refractivity contribution < 1.29 is 9.59 Å². The third-order valence-electron chi connectivity index (χ3n) is 6.54. The van der Waals surface area contributed by atoms with Crippen molar-refractivity contribution in [1.29, 1.82) is 0 Å². The van der Waals surface area contributed by atoms with Gasteiger partial charge in [0.2, 0.25) is 11.8 Å². The smallest absolute Gasteiger partial charge is 0.237 e. The van der Waals surface area contributed by atoms with Crippen molar-refractivity contribution in [3.05, 3.63) is 0 Å². The SMILES string of the molecule is CC(C)N1CCC(NC(=O)CN2CCCC(CNC(=O)C3CCCN3)C2)CC1. The lowest BCUT2D eigenvalue weighted by molar-refractivity contribution is -0.125. The molecule has 0 bridgehead atoms. The van der Waals surface area contributed by atoms with Crippen LogP contribution in [0.3, 0.4) is 0 Å². The Hall–Kier alpha value is -1.18. The van der Waals surface area contributed by atoms with Gasteiger partial charge in [0.15, 0.2) is 0 Å². The summed E-state index contributed by atoms with van der Waals surface area (Å²) in [7, 11) is 0. The number of likely N-dealkylation sites (tertiary alicyclic amines) is 2. The van der Waals surface area contributed by atoms with E-state index in [1.807, 2.05) is 0 Å². The Labute approximate surface area is 170 Å². The van der Waals surface area contributed by atoms with Crippen LogP contribution in [0, 0.1) is 5.92 Å². The van der Waals surface area contributed by atoms with Crippen LogP contribution in [0.4, 0.5) is 0 Å². The summed E-state index contributed by atoms with van der Waals surface area (Å²) in [6.07, 6.45) is 6.35. The molecule has 3 aliphatic heterocycles. The Morgan fingerprint density at radius 3 is 2.54 bits per heavy atom. The Balaban J connectivity index is 1.34. The fraction of sp³-hybridized carbons (Fsp3) is 0.905. The molecule has 2 unspecified atom stereocenters. The fourth-order valence-electron chi connectivity index (χ4n) is 4.77. The molecule has 0 aromatic heterocycles. The predicted molar refractivity (Wildman–Crippen MR) is 111 cm³/mol. The van der Waals surface area contributed by atoms with E-state index in [9.17, 15) is 9.59 Å². The Bertz CT molecular complexity index is 513. The Kier molecular flexibility index (Phi) is 8.11. The molecule has 2 amide bonds. The van der Waals surface area contributed by atoms with E-state index in [1.165, 1.54) is 0 Å². The molecule has 3 N–H and O–H groups in total. The van der Waals surface area contributed by atoms with E-state index in [0.29, 0.717) is 24.5 Å². The van der Waals surface area contributed by atoms with E-state index in [-0.39, 0.29) is 17.9 Å². The molecule has 0 saturated carbocycles. The van der Waals surface area contributed by atoms with Gasteiger partial charge in [-0.1, -0.05) is 0 Å². The number of carbonyl (C=O) groups is 2. The van der Waals surface area contributed by atoms with Crippen LogP contribution in [0.25, 0.3) is 0 Å². The second kappa shape index (κ2) is 10.6. The molecule has 0 radical (unpaired) electrons. The first-order valence-corrected chi connectivity index (χ1v) is 11.3. The maximum atomic E-state index is 12.5. The zero-order valence-electron chi connectivity index (χ0n) is 17.7. The molecule has 7 nitrogen and oxygen atoms in total. The van der Waals surface area contributed by atoms with E-state index >= 15 is 0 Å². The van der Waals surface area contributed by atoms with E-state index in [0.717, 1.165) is 77.8 Å². The van der Waals surface area contributed by atoms with Gasteiger partial charge in [-0.05, 0) is 71.4 Å². The third-order valence-corrected chi connectivity index (χ3v) is 6.54. The monoisotopic (exact) mass is 393 g/mol. The van der Waals surface area contributed by atoms with Gasteiger partial charge in [0.25, 0.3) is 0 Å². The quantitative estimate of drug-likeness (QED) is 0.589. The van der Waals surface area contributed by atoms with Crippen molar-refractivity contribution in [2.45, 2.75) is 70.5 Å². The molecule has 0 aliphatic carbocycles. The number of piperidine rings is 2. The highest BCUT2D eigenvalue weighted by molar-refractivity contribution is 5.82. The number of hydrogen-bond donors (Lipinski definition) is 3. The molecule has 7 heteroatoms. The molecule has 3 heterocycles. The maximum absolute atomic E-state index is 12.5. The molecular formula is C21H39N5O2. The van der Waals surface area contributed by atoms with Crippen molar-refractivity contribution in [3.63, 3.8) is 0 Å². The zero-order chi connectivity index (χ0) is 19.9. The molecule has 28 heavy (non-hydrogen) atoms. The number of nitrogens with zero attached hydrogens (tertiary/aromatic N) is 2. The van der Waals surface area contributed by atoms with E-state index in [2.05, 4.69) is 39.6 Å². The highest BCUT2D eigenvalue weighted by Crippen LogP contribution is 2.17. The maximum Gasteiger partial charge on any atom is 0.237 e. The molecule has 0 aromatic rings. The molecule has 0 spiro atoms. The van der Waals surface area contributed by atoms with Gasteiger partial charge < -0.3 is 20.9 Å². The topological polar surface area (TPSA) is 76.7 Å². The summed E-state index contributed by atoms with van der Waals surface area (Å²) >= 11 is 0. The number of rotatable bonds is 7. The second-order valence-electron chi connectivity index (χ2n) is 9.11. The van der Waals surface area contributed by atoms with Gasteiger partial charge in [-0.15, -0.1) is 0 Å². The summed E-state index contributed by atoms with van der Waals surface area (Å²) in [5.41, 5.74) is 0. The average molecular weight is 394 g/mol. The minimum absolute atomic E-state index is 0.00687. The van der Waals surface area contributed by atoms with E-state index in [4.69, 9.17) is 0 Å². The number of carbonyl (C=O) groups excluding carboxylic acids is 2. The van der Waals surface area contributed by atoms with E-state index < -0.39 is 0 Å². The standard InChI is InChI=1S/C21H39N5O2/c1-16(2)26-11-7-18(8-12-26)24-20(27)15-25-10-4-5-17(14-25)13-23-21(28)19-6-3-9-22-19/h16-19,22H,3-15H2,1-2H3,(H,23,28)(H,24,27). The molecule has 3 rings (SSSR count). The molecule has 3 aliphatic rings. The second-order valence-corrected chi connectivity index (χ2v) is 9.11. The first kappa shape index (κ1) is 21.5. The summed E-state index contributed by atoms with van der Waals surface area (Å²) < 4.78 is 0. The van der Waals surface area contributed by atoms with Crippen LogP contribution in [-0.4, -0.2) is 85.6 Å². The van der Waals surface area contributed by atoms with Crippen LogP contribution in [0.15, 0.2) is 0 Å². The summed E-state index contributed by atoms with van der Waals surface area (Å²) in [5, 5.41) is 9.60. The molecule has 3 saturated heterocycles. The number of nitrogens with one attached hydrogen (secondary N) is 3. The lowest BCUT2D eigenvalue weighted by atomic mass is 9.97. The highest BCUT2D eigenvalue weighted by Gasteiger charge is 2.26. The molecule has 0 aromatic carbocycles. The zero-order valence-corrected chi connectivity index (χ0v) is 17.7. The van der Waals surface area contributed by atoms with Crippen molar-refractivity contribution in [2.75, 3.05) is 45.8 Å². The lowest BCUT2D eigenvalue weighted by Gasteiger charge is -2.36. The predicted octanol–water partition coefficient (Wildman–Crippen LogP) is 0.556. The minimum atomic E-state index is -0.00687. The molecule has 160 valence electrons. The van der Waals surface area contributed by atoms with Gasteiger partial charge in [0.1, 0.15) is 0 Å². The summed E-state index contributed by atoms with van der Waals surface area (Å²) in [6, 6.07) is 0.903. The first-order valence-electron chi connectivity index (χ1n) is 11.3. The van der Waals surface area contributed by atoms with Crippen LogP contribution in [0.2, 0.25) is 0 Å². The number of amides is 2.